The summed E-state index contributed by atoms with van der Waals surface area (Å²) in [4.78, 5) is 22.2. The zero-order chi connectivity index (χ0) is 17.9. The largest absolute Gasteiger partial charge is 0.478 e. The number of rotatable bonds is 5. The van der Waals surface area contributed by atoms with Crippen molar-refractivity contribution in [3.8, 4) is 0 Å². The van der Waals surface area contributed by atoms with E-state index in [-0.39, 0.29) is 21.7 Å². The SMILES string of the molecule is COC(=O)c1ccc(S(=O)(=O)Nc2ccc(C(=O)O)cc2C)cc1. The number of carbonyl (C=O) groups is 2. The van der Waals surface area contributed by atoms with Gasteiger partial charge in [0.15, 0.2) is 0 Å². The van der Waals surface area contributed by atoms with Gasteiger partial charge in [0.05, 0.1) is 28.8 Å². The van der Waals surface area contributed by atoms with Crippen molar-refractivity contribution in [3.63, 3.8) is 0 Å². The quantitative estimate of drug-likeness (QED) is 0.802. The van der Waals surface area contributed by atoms with E-state index in [4.69, 9.17) is 5.11 Å². The molecule has 2 rings (SSSR count). The lowest BCUT2D eigenvalue weighted by molar-refractivity contribution is 0.0599. The van der Waals surface area contributed by atoms with Gasteiger partial charge in [0, 0.05) is 0 Å². The molecule has 0 fully saturated rings. The van der Waals surface area contributed by atoms with E-state index in [1.165, 1.54) is 49.6 Å². The zero-order valence-electron chi connectivity index (χ0n) is 12.9. The second-order valence-electron chi connectivity index (χ2n) is 4.96. The monoisotopic (exact) mass is 349 g/mol. The molecule has 2 aromatic rings. The van der Waals surface area contributed by atoms with E-state index in [1.54, 1.807) is 6.92 Å². The van der Waals surface area contributed by atoms with Gasteiger partial charge in [-0.2, -0.15) is 0 Å². The number of aryl methyl sites for hydroxylation is 1. The molecule has 0 aliphatic heterocycles. The molecule has 126 valence electrons. The Labute approximate surface area is 138 Å². The number of esters is 1. The molecular weight excluding hydrogens is 334 g/mol. The minimum Gasteiger partial charge on any atom is -0.478 e. The number of nitrogens with one attached hydrogen (secondary N) is 1. The Morgan fingerprint density at radius 3 is 2.12 bits per heavy atom. The van der Waals surface area contributed by atoms with Crippen LogP contribution in [0.25, 0.3) is 0 Å². The molecule has 7 nitrogen and oxygen atoms in total. The highest BCUT2D eigenvalue weighted by molar-refractivity contribution is 7.92. The maximum Gasteiger partial charge on any atom is 0.337 e. The highest BCUT2D eigenvalue weighted by Crippen LogP contribution is 2.21. The molecule has 0 unspecified atom stereocenters. The molecule has 0 saturated carbocycles. The van der Waals surface area contributed by atoms with Gasteiger partial charge in [-0.05, 0) is 55.0 Å². The molecule has 0 aliphatic carbocycles. The van der Waals surface area contributed by atoms with E-state index in [2.05, 4.69) is 9.46 Å². The van der Waals surface area contributed by atoms with E-state index in [0.29, 0.717) is 5.56 Å². The summed E-state index contributed by atoms with van der Waals surface area (Å²) < 4.78 is 31.7. The second kappa shape index (κ2) is 6.71. The third-order valence-electron chi connectivity index (χ3n) is 3.30. The van der Waals surface area contributed by atoms with E-state index in [9.17, 15) is 18.0 Å². The molecule has 0 aliphatic rings. The number of anilines is 1. The van der Waals surface area contributed by atoms with Crippen LogP contribution in [0.2, 0.25) is 0 Å². The number of carbonyl (C=O) groups excluding carboxylic acids is 1. The van der Waals surface area contributed by atoms with Crippen molar-refractivity contribution < 1.29 is 27.9 Å². The first kappa shape index (κ1) is 17.5. The average molecular weight is 349 g/mol. The summed E-state index contributed by atoms with van der Waals surface area (Å²) >= 11 is 0. The van der Waals surface area contributed by atoms with Gasteiger partial charge < -0.3 is 9.84 Å². The summed E-state index contributed by atoms with van der Waals surface area (Å²) in [7, 11) is -2.63. The Morgan fingerprint density at radius 1 is 1.04 bits per heavy atom. The number of ether oxygens (including phenoxy) is 1. The Bertz CT molecular complexity index is 887. The van der Waals surface area contributed by atoms with Crippen molar-refractivity contribution in [1.29, 1.82) is 0 Å². The second-order valence-corrected chi connectivity index (χ2v) is 6.64. The number of sulfonamides is 1. The third kappa shape index (κ3) is 3.72. The lowest BCUT2D eigenvalue weighted by Crippen LogP contribution is -2.14. The number of hydrogen-bond donors (Lipinski definition) is 2. The molecule has 2 N–H and O–H groups in total. The first-order chi connectivity index (χ1) is 11.2. The topological polar surface area (TPSA) is 110 Å². The van der Waals surface area contributed by atoms with Crippen LogP contribution in [0.4, 0.5) is 5.69 Å². The van der Waals surface area contributed by atoms with E-state index in [1.807, 2.05) is 0 Å². The average Bonchev–Trinajstić information content (AvgIpc) is 2.55. The minimum atomic E-state index is -3.87. The smallest absolute Gasteiger partial charge is 0.337 e. The molecule has 0 spiro atoms. The first-order valence-electron chi connectivity index (χ1n) is 6.80. The van der Waals surface area contributed by atoms with Gasteiger partial charge in [-0.15, -0.1) is 0 Å². The summed E-state index contributed by atoms with van der Waals surface area (Å²) in [6.07, 6.45) is 0. The maximum absolute atomic E-state index is 12.4. The summed E-state index contributed by atoms with van der Waals surface area (Å²) in [6.45, 7) is 1.60. The summed E-state index contributed by atoms with van der Waals surface area (Å²) in [6, 6.07) is 9.35. The predicted octanol–water partition coefficient (Wildman–Crippen LogP) is 2.28. The van der Waals surface area contributed by atoms with Gasteiger partial charge in [0.1, 0.15) is 0 Å². The van der Waals surface area contributed by atoms with Crippen molar-refractivity contribution in [1.82, 2.24) is 0 Å². The number of benzene rings is 2. The van der Waals surface area contributed by atoms with E-state index < -0.39 is 22.0 Å². The van der Waals surface area contributed by atoms with Crippen LogP contribution < -0.4 is 4.72 Å². The van der Waals surface area contributed by atoms with Gasteiger partial charge in [-0.3, -0.25) is 4.72 Å². The molecule has 24 heavy (non-hydrogen) atoms. The normalized spacial score (nSPS) is 10.9. The number of methoxy groups -OCH3 is 1. The Morgan fingerprint density at radius 2 is 1.62 bits per heavy atom. The van der Waals surface area contributed by atoms with Crippen LogP contribution in [0.1, 0.15) is 26.3 Å². The zero-order valence-corrected chi connectivity index (χ0v) is 13.8. The van der Waals surface area contributed by atoms with Crippen molar-refractivity contribution in [2.75, 3.05) is 11.8 Å². The molecule has 0 aromatic heterocycles. The number of carboxylic acids is 1. The highest BCUT2D eigenvalue weighted by Gasteiger charge is 2.17. The van der Waals surface area contributed by atoms with Gasteiger partial charge in [0.25, 0.3) is 10.0 Å². The Hall–Kier alpha value is -2.87. The molecule has 0 bridgehead atoms. The fourth-order valence-corrected chi connectivity index (χ4v) is 3.13. The molecule has 8 heteroatoms. The number of hydrogen-bond acceptors (Lipinski definition) is 5. The third-order valence-corrected chi connectivity index (χ3v) is 4.68. The van der Waals surface area contributed by atoms with Gasteiger partial charge in [-0.1, -0.05) is 0 Å². The Kier molecular flexibility index (Phi) is 4.89. The number of aromatic carboxylic acids is 1. The lowest BCUT2D eigenvalue weighted by atomic mass is 10.1. The summed E-state index contributed by atoms with van der Waals surface area (Å²) in [5.74, 6) is -1.65. The molecular formula is C16H15NO6S. The van der Waals surface area contributed by atoms with Crippen LogP contribution in [0.5, 0.6) is 0 Å². The summed E-state index contributed by atoms with van der Waals surface area (Å²) in [5, 5.41) is 8.93. The van der Waals surface area contributed by atoms with Crippen LogP contribution >= 0.6 is 0 Å². The van der Waals surface area contributed by atoms with Gasteiger partial charge in [-0.25, -0.2) is 18.0 Å². The molecule has 0 radical (unpaired) electrons. The van der Waals surface area contributed by atoms with E-state index >= 15 is 0 Å². The van der Waals surface area contributed by atoms with Crippen molar-refractivity contribution >= 4 is 27.6 Å². The number of carboxylic acid groups (broad SMARTS) is 1. The summed E-state index contributed by atoms with van der Waals surface area (Å²) in [5.41, 5.74) is 1.05. The predicted molar refractivity (Wildman–Crippen MR) is 86.7 cm³/mol. The fraction of sp³-hybridized carbons (Fsp3) is 0.125. The Balaban J connectivity index is 2.28. The molecule has 2 aromatic carbocycles. The van der Waals surface area contributed by atoms with Crippen LogP contribution in [0.15, 0.2) is 47.4 Å². The molecule has 0 atom stereocenters. The maximum atomic E-state index is 12.4. The standard InChI is InChI=1S/C16H15NO6S/c1-10-9-12(15(18)19)5-8-14(10)17-24(21,22)13-6-3-11(4-7-13)16(20)23-2/h3-9,17H,1-2H3,(H,18,19). The minimum absolute atomic E-state index is 0.0307. The van der Waals surface area contributed by atoms with Crippen LogP contribution in [0, 0.1) is 6.92 Å². The molecule has 0 saturated heterocycles. The van der Waals surface area contributed by atoms with Gasteiger partial charge >= 0.3 is 11.9 Å². The van der Waals surface area contributed by atoms with Crippen LogP contribution in [0.3, 0.4) is 0 Å². The first-order valence-corrected chi connectivity index (χ1v) is 8.28. The molecule has 0 amide bonds. The van der Waals surface area contributed by atoms with Crippen molar-refractivity contribution in [2.45, 2.75) is 11.8 Å². The molecule has 0 heterocycles. The van der Waals surface area contributed by atoms with Gasteiger partial charge in [0.2, 0.25) is 0 Å². The van der Waals surface area contributed by atoms with E-state index in [0.717, 1.165) is 0 Å². The lowest BCUT2D eigenvalue weighted by Gasteiger charge is -2.11. The van der Waals surface area contributed by atoms with Crippen molar-refractivity contribution in [2.24, 2.45) is 0 Å². The highest BCUT2D eigenvalue weighted by atomic mass is 32.2. The van der Waals surface area contributed by atoms with Crippen LogP contribution in [-0.4, -0.2) is 32.6 Å². The fourth-order valence-electron chi connectivity index (χ4n) is 2.00. The van der Waals surface area contributed by atoms with Crippen molar-refractivity contribution in [3.05, 3.63) is 59.2 Å². The van der Waals surface area contributed by atoms with Crippen LogP contribution in [-0.2, 0) is 14.8 Å².